The predicted molar refractivity (Wildman–Crippen MR) is 76.3 cm³/mol. The topological polar surface area (TPSA) is 66.8 Å². The lowest BCUT2D eigenvalue weighted by atomic mass is 10.1. The van der Waals surface area contributed by atoms with Crippen molar-refractivity contribution in [3.63, 3.8) is 0 Å². The van der Waals surface area contributed by atoms with E-state index in [2.05, 4.69) is 0 Å². The summed E-state index contributed by atoms with van der Waals surface area (Å²) in [6.45, 7) is 1.15. The van der Waals surface area contributed by atoms with Crippen LogP contribution in [0.15, 0.2) is 29.2 Å². The summed E-state index contributed by atoms with van der Waals surface area (Å²) >= 11 is 5.77. The summed E-state index contributed by atoms with van der Waals surface area (Å²) < 4.78 is 31.7. The lowest BCUT2D eigenvalue weighted by Gasteiger charge is -2.31. The molecule has 0 atom stereocenters. The third-order valence-corrected chi connectivity index (χ3v) is 5.46. The van der Waals surface area contributed by atoms with Crippen LogP contribution < -0.4 is 0 Å². The Morgan fingerprint density at radius 1 is 1.25 bits per heavy atom. The first-order chi connectivity index (χ1) is 9.54. The van der Waals surface area contributed by atoms with Crippen LogP contribution in [0.5, 0.6) is 0 Å². The first-order valence-electron chi connectivity index (χ1n) is 6.52. The Bertz CT molecular complexity index is 524. The molecule has 112 valence electrons. The van der Waals surface area contributed by atoms with Crippen LogP contribution in [0.3, 0.4) is 0 Å². The molecule has 0 saturated carbocycles. The van der Waals surface area contributed by atoms with Crippen LogP contribution in [0.1, 0.15) is 12.8 Å². The quantitative estimate of drug-likeness (QED) is 0.893. The molecule has 1 aromatic carbocycles. The zero-order chi connectivity index (χ0) is 14.6. The average molecular weight is 320 g/mol. The van der Waals surface area contributed by atoms with Crippen LogP contribution in [-0.2, 0) is 14.8 Å². The summed E-state index contributed by atoms with van der Waals surface area (Å²) in [5.74, 6) is 0. The molecule has 0 aliphatic carbocycles. The maximum absolute atomic E-state index is 12.4. The highest BCUT2D eigenvalue weighted by molar-refractivity contribution is 7.89. The number of rotatable bonds is 5. The highest BCUT2D eigenvalue weighted by Crippen LogP contribution is 2.23. The Hall–Kier alpha value is -0.660. The number of ether oxygens (including phenoxy) is 1. The molecule has 0 unspecified atom stereocenters. The standard InChI is InChI=1S/C13H18ClNO4S/c14-11-1-3-13(4-2-11)20(17,18)15-7-5-12(6-8-15)19-10-9-16/h1-4,12,16H,5-10H2. The van der Waals surface area contributed by atoms with Crippen LogP contribution >= 0.6 is 11.6 Å². The third-order valence-electron chi connectivity index (χ3n) is 3.30. The van der Waals surface area contributed by atoms with Gasteiger partial charge in [0.2, 0.25) is 10.0 Å². The lowest BCUT2D eigenvalue weighted by molar-refractivity contribution is 0.00318. The molecule has 1 aliphatic rings. The van der Waals surface area contributed by atoms with Crippen LogP contribution in [0, 0.1) is 0 Å². The predicted octanol–water partition coefficient (Wildman–Crippen LogP) is 1.50. The second-order valence-corrected chi connectivity index (χ2v) is 7.03. The number of nitrogens with zero attached hydrogens (tertiary/aromatic N) is 1. The third kappa shape index (κ3) is 3.71. The van der Waals surface area contributed by atoms with Crippen LogP contribution in [0.2, 0.25) is 5.02 Å². The molecule has 7 heteroatoms. The molecule has 1 aliphatic heterocycles. The normalized spacial score (nSPS) is 18.3. The van der Waals surface area contributed by atoms with E-state index in [-0.39, 0.29) is 17.6 Å². The van der Waals surface area contributed by atoms with E-state index in [0.717, 1.165) is 0 Å². The van der Waals surface area contributed by atoms with Gasteiger partial charge in [0.25, 0.3) is 0 Å². The molecular formula is C13H18ClNO4S. The van der Waals surface area contributed by atoms with Gasteiger partial charge in [-0.1, -0.05) is 11.6 Å². The number of hydrogen-bond acceptors (Lipinski definition) is 4. The van der Waals surface area contributed by atoms with Crippen molar-refractivity contribution in [2.75, 3.05) is 26.3 Å². The summed E-state index contributed by atoms with van der Waals surface area (Å²) in [6, 6.07) is 6.19. The first-order valence-corrected chi connectivity index (χ1v) is 8.34. The van der Waals surface area contributed by atoms with Crippen molar-refractivity contribution in [2.45, 2.75) is 23.8 Å². The molecule has 5 nitrogen and oxygen atoms in total. The van der Waals surface area contributed by atoms with Gasteiger partial charge in [0.1, 0.15) is 0 Å². The summed E-state index contributed by atoms with van der Waals surface area (Å²) in [4.78, 5) is 0.261. The minimum Gasteiger partial charge on any atom is -0.394 e. The SMILES string of the molecule is O=S(=O)(c1ccc(Cl)cc1)N1CCC(OCCO)CC1. The molecule has 1 heterocycles. The maximum Gasteiger partial charge on any atom is 0.243 e. The summed E-state index contributed by atoms with van der Waals surface area (Å²) in [5.41, 5.74) is 0. The molecule has 0 bridgehead atoms. The van der Waals surface area contributed by atoms with Crippen LogP contribution in [-0.4, -0.2) is 50.2 Å². The molecule has 0 amide bonds. The van der Waals surface area contributed by atoms with Crippen LogP contribution in [0.4, 0.5) is 0 Å². The molecule has 0 spiro atoms. The van der Waals surface area contributed by atoms with Gasteiger partial charge in [0, 0.05) is 18.1 Å². The minimum atomic E-state index is -3.45. The Morgan fingerprint density at radius 3 is 2.40 bits per heavy atom. The minimum absolute atomic E-state index is 0.0106. The fourth-order valence-corrected chi connectivity index (χ4v) is 3.81. The van der Waals surface area contributed by atoms with Crippen LogP contribution in [0.25, 0.3) is 0 Å². The molecule has 1 N–H and O–H groups in total. The van der Waals surface area contributed by atoms with Crippen molar-refractivity contribution in [1.82, 2.24) is 4.31 Å². The van der Waals surface area contributed by atoms with E-state index < -0.39 is 10.0 Å². The molecule has 20 heavy (non-hydrogen) atoms. The number of benzene rings is 1. The molecular weight excluding hydrogens is 302 g/mol. The highest BCUT2D eigenvalue weighted by Gasteiger charge is 2.29. The number of hydrogen-bond donors (Lipinski definition) is 1. The van der Waals surface area contributed by atoms with Gasteiger partial charge < -0.3 is 9.84 Å². The summed E-state index contributed by atoms with van der Waals surface area (Å²) in [6.07, 6.45) is 1.32. The molecule has 1 aromatic rings. The van der Waals surface area contributed by atoms with Crippen molar-refractivity contribution in [3.8, 4) is 0 Å². The van der Waals surface area contributed by atoms with E-state index in [0.29, 0.717) is 37.6 Å². The van der Waals surface area contributed by atoms with E-state index >= 15 is 0 Å². The fourth-order valence-electron chi connectivity index (χ4n) is 2.21. The summed E-state index contributed by atoms with van der Waals surface area (Å²) in [5, 5.41) is 9.22. The Kier molecular flexibility index (Phi) is 5.40. The second-order valence-electron chi connectivity index (χ2n) is 4.65. The van der Waals surface area contributed by atoms with E-state index in [9.17, 15) is 8.42 Å². The average Bonchev–Trinajstić information content (AvgIpc) is 2.46. The second kappa shape index (κ2) is 6.87. The number of sulfonamides is 1. The number of aliphatic hydroxyl groups excluding tert-OH is 1. The smallest absolute Gasteiger partial charge is 0.243 e. The van der Waals surface area contributed by atoms with Crippen molar-refractivity contribution < 1.29 is 18.3 Å². The van der Waals surface area contributed by atoms with Crippen molar-refractivity contribution in [2.24, 2.45) is 0 Å². The monoisotopic (exact) mass is 319 g/mol. The van der Waals surface area contributed by atoms with E-state index in [1.54, 1.807) is 12.1 Å². The van der Waals surface area contributed by atoms with Gasteiger partial charge in [0.05, 0.1) is 24.2 Å². The van der Waals surface area contributed by atoms with Gasteiger partial charge >= 0.3 is 0 Å². The van der Waals surface area contributed by atoms with Gasteiger partial charge in [-0.2, -0.15) is 4.31 Å². The van der Waals surface area contributed by atoms with Gasteiger partial charge in [-0.15, -0.1) is 0 Å². The van der Waals surface area contributed by atoms with Gasteiger partial charge in [0.15, 0.2) is 0 Å². The Labute approximate surface area is 124 Å². The first kappa shape index (κ1) is 15.7. The van der Waals surface area contributed by atoms with Crippen molar-refractivity contribution in [3.05, 3.63) is 29.3 Å². The fraction of sp³-hybridized carbons (Fsp3) is 0.538. The number of halogens is 1. The molecule has 1 fully saturated rings. The summed E-state index contributed by atoms with van der Waals surface area (Å²) in [7, 11) is -3.45. The zero-order valence-electron chi connectivity index (χ0n) is 11.0. The van der Waals surface area contributed by atoms with E-state index in [1.807, 2.05) is 0 Å². The van der Waals surface area contributed by atoms with E-state index in [1.165, 1.54) is 16.4 Å². The maximum atomic E-state index is 12.4. The van der Waals surface area contributed by atoms with Gasteiger partial charge in [-0.05, 0) is 37.1 Å². The largest absolute Gasteiger partial charge is 0.394 e. The molecule has 1 saturated heterocycles. The Balaban J connectivity index is 2.00. The Morgan fingerprint density at radius 2 is 1.85 bits per heavy atom. The zero-order valence-corrected chi connectivity index (χ0v) is 12.6. The van der Waals surface area contributed by atoms with Gasteiger partial charge in [-0.3, -0.25) is 0 Å². The highest BCUT2D eigenvalue weighted by atomic mass is 35.5. The van der Waals surface area contributed by atoms with Gasteiger partial charge in [-0.25, -0.2) is 8.42 Å². The lowest BCUT2D eigenvalue weighted by Crippen LogP contribution is -2.41. The molecule has 0 aromatic heterocycles. The van der Waals surface area contributed by atoms with E-state index in [4.69, 9.17) is 21.4 Å². The molecule has 2 rings (SSSR count). The molecule has 0 radical (unpaired) electrons. The number of piperidine rings is 1. The van der Waals surface area contributed by atoms with Crippen molar-refractivity contribution in [1.29, 1.82) is 0 Å². The number of aliphatic hydroxyl groups is 1. The van der Waals surface area contributed by atoms with Crippen molar-refractivity contribution >= 4 is 21.6 Å².